The minimum absolute atomic E-state index is 0.0613. The fourth-order valence-electron chi connectivity index (χ4n) is 2.25. The third-order valence-corrected chi connectivity index (χ3v) is 4.51. The van der Waals surface area contributed by atoms with Crippen molar-refractivity contribution < 1.29 is 4.92 Å². The van der Waals surface area contributed by atoms with Crippen LogP contribution in [-0.4, -0.2) is 20.2 Å². The number of non-ortho nitro benzene ring substituents is 1. The van der Waals surface area contributed by atoms with Crippen molar-refractivity contribution in [3.8, 4) is 11.3 Å². The summed E-state index contributed by atoms with van der Waals surface area (Å²) in [6.07, 6.45) is 1.71. The van der Waals surface area contributed by atoms with Crippen LogP contribution in [0.15, 0.2) is 64.2 Å². The highest BCUT2D eigenvalue weighted by Crippen LogP contribution is 2.23. The number of nitrogens with zero attached hydrogens (tertiary/aromatic N) is 5. The molecule has 2 heterocycles. The maximum absolute atomic E-state index is 10.9. The molecule has 126 valence electrons. The van der Waals surface area contributed by atoms with Crippen molar-refractivity contribution in [3.05, 3.63) is 74.7 Å². The molecule has 0 aliphatic heterocycles. The molecule has 0 saturated heterocycles. The smallest absolute Gasteiger partial charge is 0.270 e. The summed E-state index contributed by atoms with van der Waals surface area (Å²) in [5.74, 6) is 0. The van der Waals surface area contributed by atoms with E-state index in [-0.39, 0.29) is 5.69 Å². The number of nitro groups is 1. The molecule has 8 heteroatoms. The molecule has 7 nitrogen and oxygen atoms in total. The van der Waals surface area contributed by atoms with E-state index in [0.717, 1.165) is 17.0 Å². The molecule has 0 saturated carbocycles. The summed E-state index contributed by atoms with van der Waals surface area (Å²) in [4.78, 5) is 15.5. The number of thiazole rings is 1. The summed E-state index contributed by atoms with van der Waals surface area (Å²) in [7, 11) is 1.86. The van der Waals surface area contributed by atoms with Gasteiger partial charge in [0.15, 0.2) is 0 Å². The van der Waals surface area contributed by atoms with E-state index in [9.17, 15) is 10.1 Å². The molecule has 2 aromatic heterocycles. The van der Waals surface area contributed by atoms with Gasteiger partial charge in [-0.25, -0.2) is 0 Å². The Morgan fingerprint density at radius 2 is 2.12 bits per heavy atom. The second-order valence-corrected chi connectivity index (χ2v) is 6.11. The predicted octanol–water partition coefficient (Wildman–Crippen LogP) is 3.38. The maximum atomic E-state index is 10.9. The van der Waals surface area contributed by atoms with Crippen LogP contribution in [0.3, 0.4) is 0 Å². The van der Waals surface area contributed by atoms with E-state index in [1.807, 2.05) is 48.2 Å². The van der Waals surface area contributed by atoms with Crippen molar-refractivity contribution in [2.75, 3.05) is 0 Å². The molecule has 0 aliphatic rings. The molecule has 25 heavy (non-hydrogen) atoms. The third kappa shape index (κ3) is 3.69. The van der Waals surface area contributed by atoms with Gasteiger partial charge in [-0.15, -0.1) is 16.4 Å². The van der Waals surface area contributed by atoms with Crippen LogP contribution in [0, 0.1) is 10.1 Å². The number of hydrogen-bond donors (Lipinski definition) is 0. The Balaban J connectivity index is 1.96. The number of hydrogen-bond acceptors (Lipinski definition) is 6. The van der Waals surface area contributed by atoms with Gasteiger partial charge in [-0.2, -0.15) is 5.10 Å². The van der Waals surface area contributed by atoms with Crippen LogP contribution in [-0.2, 0) is 7.05 Å². The zero-order valence-electron chi connectivity index (χ0n) is 13.7. The standard InChI is InChI=1S/C17H15N5O2S/c1-12(15-8-3-4-9-18-15)19-20-17-21(2)16(11-25-17)13-6-5-7-14(10-13)22(23)24/h3-11H,1-2H3/b19-12+,20-17-. The lowest BCUT2D eigenvalue weighted by Gasteiger charge is -2.02. The summed E-state index contributed by atoms with van der Waals surface area (Å²) < 4.78 is 1.86. The molecule has 1 aromatic carbocycles. The Hall–Kier alpha value is -3.13. The highest BCUT2D eigenvalue weighted by molar-refractivity contribution is 7.07. The molecular weight excluding hydrogens is 338 g/mol. The van der Waals surface area contributed by atoms with Crippen molar-refractivity contribution >= 4 is 22.7 Å². The van der Waals surface area contributed by atoms with Gasteiger partial charge in [0.2, 0.25) is 4.80 Å². The first kappa shape index (κ1) is 16.7. The quantitative estimate of drug-likeness (QED) is 0.409. The summed E-state index contributed by atoms with van der Waals surface area (Å²) in [5, 5.41) is 21.4. The van der Waals surface area contributed by atoms with Crippen molar-refractivity contribution in [1.29, 1.82) is 0 Å². The lowest BCUT2D eigenvalue weighted by molar-refractivity contribution is -0.384. The fourth-order valence-corrected chi connectivity index (χ4v) is 3.10. The van der Waals surface area contributed by atoms with Gasteiger partial charge >= 0.3 is 0 Å². The van der Waals surface area contributed by atoms with E-state index in [0.29, 0.717) is 10.5 Å². The first-order valence-corrected chi connectivity index (χ1v) is 8.33. The van der Waals surface area contributed by atoms with Gasteiger partial charge in [0.05, 0.1) is 22.0 Å². The van der Waals surface area contributed by atoms with E-state index in [4.69, 9.17) is 0 Å². The summed E-state index contributed by atoms with van der Waals surface area (Å²) >= 11 is 1.42. The minimum Gasteiger partial charge on any atom is -0.318 e. The lowest BCUT2D eigenvalue weighted by atomic mass is 10.1. The summed E-state index contributed by atoms with van der Waals surface area (Å²) in [6.45, 7) is 1.85. The molecule has 0 aliphatic carbocycles. The molecule has 0 atom stereocenters. The molecular formula is C17H15N5O2S. The third-order valence-electron chi connectivity index (χ3n) is 3.60. The second-order valence-electron chi connectivity index (χ2n) is 5.27. The molecule has 0 N–H and O–H groups in total. The molecule has 0 fully saturated rings. The van der Waals surface area contributed by atoms with Gasteiger partial charge in [0.1, 0.15) is 0 Å². The van der Waals surface area contributed by atoms with E-state index >= 15 is 0 Å². The maximum Gasteiger partial charge on any atom is 0.270 e. The van der Waals surface area contributed by atoms with Crippen LogP contribution in [0.5, 0.6) is 0 Å². The Morgan fingerprint density at radius 1 is 1.28 bits per heavy atom. The second kappa shape index (κ2) is 7.18. The van der Waals surface area contributed by atoms with Crippen molar-refractivity contribution in [2.45, 2.75) is 6.92 Å². The first-order valence-electron chi connectivity index (χ1n) is 7.45. The average molecular weight is 353 g/mol. The molecule has 0 radical (unpaired) electrons. The van der Waals surface area contributed by atoms with Gasteiger partial charge in [0, 0.05) is 36.3 Å². The Kier molecular flexibility index (Phi) is 4.80. The van der Waals surface area contributed by atoms with Crippen LogP contribution in [0.1, 0.15) is 12.6 Å². The van der Waals surface area contributed by atoms with Gasteiger partial charge in [-0.1, -0.05) is 18.2 Å². The highest BCUT2D eigenvalue weighted by atomic mass is 32.1. The zero-order chi connectivity index (χ0) is 17.8. The Bertz CT molecular complexity index is 1010. The first-order chi connectivity index (χ1) is 12.1. The lowest BCUT2D eigenvalue weighted by Crippen LogP contribution is -2.11. The Morgan fingerprint density at radius 3 is 2.84 bits per heavy atom. The predicted molar refractivity (Wildman–Crippen MR) is 97.4 cm³/mol. The highest BCUT2D eigenvalue weighted by Gasteiger charge is 2.10. The molecule has 0 amide bonds. The molecule has 0 unspecified atom stereocenters. The molecule has 3 rings (SSSR count). The minimum atomic E-state index is -0.401. The van der Waals surface area contributed by atoms with Crippen LogP contribution in [0.4, 0.5) is 5.69 Å². The number of aromatic nitrogens is 2. The largest absolute Gasteiger partial charge is 0.318 e. The normalized spacial score (nSPS) is 12.4. The van der Waals surface area contributed by atoms with Gasteiger partial charge in [-0.3, -0.25) is 15.1 Å². The van der Waals surface area contributed by atoms with Crippen molar-refractivity contribution in [1.82, 2.24) is 9.55 Å². The van der Waals surface area contributed by atoms with E-state index in [2.05, 4.69) is 15.2 Å². The summed E-state index contributed by atoms with van der Waals surface area (Å²) in [6, 6.07) is 12.1. The summed E-state index contributed by atoms with van der Waals surface area (Å²) in [5.41, 5.74) is 3.15. The molecule has 0 bridgehead atoms. The van der Waals surface area contributed by atoms with Crippen molar-refractivity contribution in [2.24, 2.45) is 17.3 Å². The zero-order valence-corrected chi connectivity index (χ0v) is 14.5. The van der Waals surface area contributed by atoms with Gasteiger partial charge in [-0.05, 0) is 19.1 Å². The van der Waals surface area contributed by atoms with E-state index in [1.165, 1.54) is 17.4 Å². The van der Waals surface area contributed by atoms with Crippen LogP contribution >= 0.6 is 11.3 Å². The van der Waals surface area contributed by atoms with Crippen LogP contribution in [0.25, 0.3) is 11.3 Å². The Labute approximate surface area is 147 Å². The van der Waals surface area contributed by atoms with E-state index < -0.39 is 4.92 Å². The van der Waals surface area contributed by atoms with Gasteiger partial charge in [0.25, 0.3) is 5.69 Å². The van der Waals surface area contributed by atoms with E-state index in [1.54, 1.807) is 18.3 Å². The average Bonchev–Trinajstić information content (AvgIpc) is 3.01. The number of pyridine rings is 1. The topological polar surface area (TPSA) is 85.7 Å². The number of rotatable bonds is 4. The SMILES string of the molecule is C/C(=N\N=c1/scc(-c2cccc([N+](=O)[O-])c2)n1C)c1ccccn1. The van der Waals surface area contributed by atoms with Crippen molar-refractivity contribution in [3.63, 3.8) is 0 Å². The fraction of sp³-hybridized carbons (Fsp3) is 0.118. The monoisotopic (exact) mass is 353 g/mol. The van der Waals surface area contributed by atoms with Gasteiger partial charge < -0.3 is 4.57 Å². The molecule has 3 aromatic rings. The molecule has 0 spiro atoms. The number of nitro benzene ring substituents is 1. The number of benzene rings is 1. The van der Waals surface area contributed by atoms with Crippen LogP contribution < -0.4 is 4.80 Å². The van der Waals surface area contributed by atoms with Crippen LogP contribution in [0.2, 0.25) is 0 Å².